The van der Waals surface area contributed by atoms with Crippen LogP contribution in [0.2, 0.25) is 0 Å². The third kappa shape index (κ3) is 1.32. The van der Waals surface area contributed by atoms with Gasteiger partial charge in [-0.15, -0.1) is 24.0 Å². The van der Waals surface area contributed by atoms with Crippen LogP contribution in [0.4, 0.5) is 11.4 Å². The zero-order valence-corrected chi connectivity index (χ0v) is 8.64. The van der Waals surface area contributed by atoms with Crippen molar-refractivity contribution in [2.75, 3.05) is 5.73 Å². The second kappa shape index (κ2) is 3.14. The van der Waals surface area contributed by atoms with Gasteiger partial charge in [-0.2, -0.15) is 0 Å². The van der Waals surface area contributed by atoms with Gasteiger partial charge in [-0.05, 0) is 6.07 Å². The van der Waals surface area contributed by atoms with Crippen LogP contribution in [0.15, 0.2) is 22.4 Å². The average Bonchev–Trinajstić information content (AvgIpc) is 2.47. The maximum Gasteiger partial charge on any atom is 0.289 e. The Morgan fingerprint density at radius 2 is 2.21 bits per heavy atom. The van der Waals surface area contributed by atoms with Crippen molar-refractivity contribution >= 4 is 45.4 Å². The molecule has 0 saturated heterocycles. The zero-order chi connectivity index (χ0) is 10.3. The molecule has 0 radical (unpaired) electrons. The van der Waals surface area contributed by atoms with Crippen LogP contribution in [0, 0.1) is 10.1 Å². The lowest BCUT2D eigenvalue weighted by molar-refractivity contribution is -0.382. The number of hydrogen-bond acceptors (Lipinski definition) is 5. The Morgan fingerprint density at radius 3 is 2.86 bits per heavy atom. The quantitative estimate of drug-likeness (QED) is 0.340. The Kier molecular flexibility index (Phi) is 2.09. The molecule has 0 aliphatic heterocycles. The van der Waals surface area contributed by atoms with Crippen molar-refractivity contribution in [1.29, 1.82) is 0 Å². The molecule has 2 rings (SSSR count). The van der Waals surface area contributed by atoms with E-state index in [1.165, 1.54) is 17.4 Å². The van der Waals surface area contributed by atoms with Gasteiger partial charge in [0.25, 0.3) is 5.69 Å². The molecule has 0 saturated carbocycles. The number of nitrogen functional groups attached to an aromatic ring is 1. The van der Waals surface area contributed by atoms with Crippen LogP contribution in [0.25, 0.3) is 10.1 Å². The van der Waals surface area contributed by atoms with Gasteiger partial charge in [0.15, 0.2) is 0 Å². The van der Waals surface area contributed by atoms with Crippen LogP contribution >= 0.6 is 24.0 Å². The van der Waals surface area contributed by atoms with Gasteiger partial charge in [0.1, 0.15) is 4.70 Å². The lowest BCUT2D eigenvalue weighted by Crippen LogP contribution is -1.91. The first-order valence-electron chi connectivity index (χ1n) is 3.73. The van der Waals surface area contributed by atoms with Gasteiger partial charge in [0.2, 0.25) is 0 Å². The molecule has 72 valence electrons. The molecular weight excluding hydrogens is 220 g/mol. The number of hydrogen-bond donors (Lipinski definition) is 2. The monoisotopic (exact) mass is 226 g/mol. The fourth-order valence-corrected chi connectivity index (χ4v) is 2.58. The number of nitro groups is 1. The topological polar surface area (TPSA) is 69.2 Å². The van der Waals surface area contributed by atoms with E-state index in [1.54, 1.807) is 11.4 Å². The van der Waals surface area contributed by atoms with Crippen molar-refractivity contribution < 1.29 is 4.92 Å². The van der Waals surface area contributed by atoms with Crippen molar-refractivity contribution in [3.05, 3.63) is 27.6 Å². The van der Waals surface area contributed by atoms with E-state index in [-0.39, 0.29) is 5.69 Å². The lowest BCUT2D eigenvalue weighted by Gasteiger charge is -1.97. The van der Waals surface area contributed by atoms with Crippen molar-refractivity contribution in [3.63, 3.8) is 0 Å². The SMILES string of the molecule is Nc1cc([N+](=O)[O-])c2scc(S)c2c1. The van der Waals surface area contributed by atoms with Gasteiger partial charge in [0, 0.05) is 27.4 Å². The maximum absolute atomic E-state index is 10.7. The predicted molar refractivity (Wildman–Crippen MR) is 60.1 cm³/mol. The summed E-state index contributed by atoms with van der Waals surface area (Å²) in [5.41, 5.74) is 5.99. The molecule has 1 heterocycles. The van der Waals surface area contributed by atoms with Crippen LogP contribution in [0.1, 0.15) is 0 Å². The second-order valence-corrected chi connectivity index (χ2v) is 4.16. The van der Waals surface area contributed by atoms with E-state index in [9.17, 15) is 10.1 Å². The molecule has 0 bridgehead atoms. The molecule has 1 aromatic carbocycles. The van der Waals surface area contributed by atoms with E-state index in [0.717, 1.165) is 10.3 Å². The second-order valence-electron chi connectivity index (χ2n) is 2.79. The fourth-order valence-electron chi connectivity index (χ4n) is 1.26. The first kappa shape index (κ1) is 9.29. The summed E-state index contributed by atoms with van der Waals surface area (Å²) >= 11 is 5.50. The summed E-state index contributed by atoms with van der Waals surface area (Å²) in [5, 5.41) is 13.2. The predicted octanol–water partition coefficient (Wildman–Crippen LogP) is 2.68. The molecule has 0 unspecified atom stereocenters. The number of thiol groups is 1. The number of nitrogens with two attached hydrogens (primary N) is 1. The number of thiophene rings is 1. The summed E-state index contributed by atoms with van der Waals surface area (Å²) in [6.45, 7) is 0. The number of nitro benzene ring substituents is 1. The van der Waals surface area contributed by atoms with Crippen molar-refractivity contribution in [1.82, 2.24) is 0 Å². The summed E-state index contributed by atoms with van der Waals surface area (Å²) in [6, 6.07) is 3.06. The summed E-state index contributed by atoms with van der Waals surface area (Å²) in [4.78, 5) is 11.0. The highest BCUT2D eigenvalue weighted by Crippen LogP contribution is 2.37. The minimum Gasteiger partial charge on any atom is -0.399 e. The Morgan fingerprint density at radius 1 is 1.50 bits per heavy atom. The Hall–Kier alpha value is -1.27. The van der Waals surface area contributed by atoms with Gasteiger partial charge in [-0.3, -0.25) is 10.1 Å². The number of benzene rings is 1. The molecule has 0 aliphatic carbocycles. The first-order chi connectivity index (χ1) is 6.59. The molecule has 0 atom stereocenters. The van der Waals surface area contributed by atoms with Crippen molar-refractivity contribution in [2.24, 2.45) is 0 Å². The van der Waals surface area contributed by atoms with Crippen LogP contribution in [0.5, 0.6) is 0 Å². The van der Waals surface area contributed by atoms with Crippen LogP contribution in [0.3, 0.4) is 0 Å². The van der Waals surface area contributed by atoms with E-state index in [1.807, 2.05) is 0 Å². The van der Waals surface area contributed by atoms with Crippen molar-refractivity contribution in [3.8, 4) is 0 Å². The van der Waals surface area contributed by atoms with E-state index in [4.69, 9.17) is 5.73 Å². The smallest absolute Gasteiger partial charge is 0.289 e. The molecule has 6 heteroatoms. The standard InChI is InChI=1S/C8H6N2O2S2/c9-4-1-5-7(13)3-14-8(5)6(2-4)10(11)12/h1-3,13H,9H2. The van der Waals surface area contributed by atoms with Gasteiger partial charge < -0.3 is 5.73 Å². The molecule has 1 aromatic heterocycles. The van der Waals surface area contributed by atoms with Crippen molar-refractivity contribution in [2.45, 2.75) is 4.90 Å². The molecule has 0 fully saturated rings. The molecular formula is C8H6N2O2S2. The number of fused-ring (bicyclic) bond motifs is 1. The fraction of sp³-hybridized carbons (Fsp3) is 0. The summed E-state index contributed by atoms with van der Waals surface area (Å²) in [5.74, 6) is 0. The van der Waals surface area contributed by atoms with E-state index in [2.05, 4.69) is 12.6 Å². The molecule has 4 nitrogen and oxygen atoms in total. The average molecular weight is 226 g/mol. The third-order valence-corrected chi connectivity index (χ3v) is 3.42. The number of anilines is 1. The molecule has 0 aliphatic rings. The van der Waals surface area contributed by atoms with Gasteiger partial charge in [-0.25, -0.2) is 0 Å². The molecule has 2 N–H and O–H groups in total. The Bertz CT molecular complexity index is 521. The largest absolute Gasteiger partial charge is 0.399 e. The molecule has 2 aromatic rings. The summed E-state index contributed by atoms with van der Waals surface area (Å²) < 4.78 is 0.620. The Balaban J connectivity index is 2.88. The van der Waals surface area contributed by atoms with Crippen LogP contribution < -0.4 is 5.73 Å². The molecule has 14 heavy (non-hydrogen) atoms. The normalized spacial score (nSPS) is 10.6. The van der Waals surface area contributed by atoms with Crippen LogP contribution in [-0.2, 0) is 0 Å². The lowest BCUT2D eigenvalue weighted by atomic mass is 10.2. The molecule has 0 spiro atoms. The minimum atomic E-state index is -0.428. The zero-order valence-electron chi connectivity index (χ0n) is 6.93. The third-order valence-electron chi connectivity index (χ3n) is 1.85. The highest BCUT2D eigenvalue weighted by atomic mass is 32.1. The highest BCUT2D eigenvalue weighted by molar-refractivity contribution is 7.80. The number of nitrogens with zero attached hydrogens (tertiary/aromatic N) is 1. The van der Waals surface area contributed by atoms with E-state index >= 15 is 0 Å². The minimum absolute atomic E-state index is 0.0466. The molecule has 0 amide bonds. The van der Waals surface area contributed by atoms with Gasteiger partial charge in [-0.1, -0.05) is 0 Å². The van der Waals surface area contributed by atoms with Gasteiger partial charge in [0.05, 0.1) is 4.92 Å². The van der Waals surface area contributed by atoms with E-state index < -0.39 is 4.92 Å². The maximum atomic E-state index is 10.7. The van der Waals surface area contributed by atoms with Crippen LogP contribution in [-0.4, -0.2) is 4.92 Å². The highest BCUT2D eigenvalue weighted by Gasteiger charge is 2.15. The number of rotatable bonds is 1. The van der Waals surface area contributed by atoms with E-state index in [0.29, 0.717) is 10.4 Å². The Labute approximate surface area is 88.9 Å². The summed E-state index contributed by atoms with van der Waals surface area (Å²) in [7, 11) is 0. The van der Waals surface area contributed by atoms with Gasteiger partial charge >= 0.3 is 0 Å². The summed E-state index contributed by atoms with van der Waals surface area (Å²) in [6.07, 6.45) is 0. The first-order valence-corrected chi connectivity index (χ1v) is 5.06. The number of non-ortho nitro benzene ring substituents is 1.